The van der Waals surface area contributed by atoms with Crippen molar-refractivity contribution in [1.29, 1.82) is 0 Å². The normalized spacial score (nSPS) is 25.2. The Morgan fingerprint density at radius 1 is 1.15 bits per heavy atom. The van der Waals surface area contributed by atoms with E-state index in [2.05, 4.69) is 5.32 Å². The molecular weight excluding hydrogens is 348 g/mol. The molecule has 0 bridgehead atoms. The van der Waals surface area contributed by atoms with Crippen molar-refractivity contribution in [2.75, 3.05) is 30.0 Å². The number of hydrogen-bond donors (Lipinski definition) is 1. The van der Waals surface area contributed by atoms with Gasteiger partial charge in [-0.1, -0.05) is 0 Å². The predicted molar refractivity (Wildman–Crippen MR) is 104 cm³/mol. The van der Waals surface area contributed by atoms with Crippen molar-refractivity contribution >= 4 is 29.3 Å². The summed E-state index contributed by atoms with van der Waals surface area (Å²) in [4.78, 5) is 27.0. The molecule has 0 spiro atoms. The number of amides is 2. The van der Waals surface area contributed by atoms with Crippen molar-refractivity contribution in [2.24, 2.45) is 5.92 Å². The molecule has 2 atom stereocenters. The molecule has 2 amide bonds. The number of hydrogen-bond acceptors (Lipinski definition) is 4. The number of anilines is 1. The second-order valence-corrected chi connectivity index (χ2v) is 8.60. The van der Waals surface area contributed by atoms with Crippen LogP contribution in [0.5, 0.6) is 0 Å². The van der Waals surface area contributed by atoms with Crippen molar-refractivity contribution in [3.63, 3.8) is 0 Å². The van der Waals surface area contributed by atoms with Gasteiger partial charge in [0.1, 0.15) is 0 Å². The zero-order chi connectivity index (χ0) is 17.9. The van der Waals surface area contributed by atoms with Crippen molar-refractivity contribution in [2.45, 2.75) is 44.2 Å². The number of rotatable bonds is 6. The first-order valence-corrected chi connectivity index (χ1v) is 10.8. The minimum atomic E-state index is 0.0769. The quantitative estimate of drug-likeness (QED) is 0.831. The molecule has 4 rings (SSSR count). The summed E-state index contributed by atoms with van der Waals surface area (Å²) in [6.45, 7) is 1.49. The fourth-order valence-corrected chi connectivity index (χ4v) is 4.85. The van der Waals surface area contributed by atoms with E-state index in [-0.39, 0.29) is 23.8 Å². The Morgan fingerprint density at radius 2 is 1.96 bits per heavy atom. The fourth-order valence-electron chi connectivity index (χ4n) is 3.63. The molecule has 1 N–H and O–H groups in total. The van der Waals surface area contributed by atoms with Crippen LogP contribution in [0.15, 0.2) is 24.3 Å². The average molecular weight is 375 g/mol. The summed E-state index contributed by atoms with van der Waals surface area (Å²) in [7, 11) is 0. The maximum atomic E-state index is 13.1. The molecule has 2 heterocycles. The molecule has 5 nitrogen and oxygen atoms in total. The van der Waals surface area contributed by atoms with Crippen LogP contribution in [0, 0.1) is 5.92 Å². The van der Waals surface area contributed by atoms with Crippen LogP contribution in [0.2, 0.25) is 0 Å². The van der Waals surface area contributed by atoms with Crippen LogP contribution in [0.4, 0.5) is 5.69 Å². The number of ether oxygens (including phenoxy) is 1. The van der Waals surface area contributed by atoms with E-state index in [1.54, 1.807) is 0 Å². The third-order valence-corrected chi connectivity index (χ3v) is 6.52. The minimum Gasteiger partial charge on any atom is -0.376 e. The van der Waals surface area contributed by atoms with Crippen molar-refractivity contribution in [3.8, 4) is 0 Å². The largest absolute Gasteiger partial charge is 0.376 e. The minimum absolute atomic E-state index is 0.0769. The Morgan fingerprint density at radius 3 is 2.58 bits per heavy atom. The standard InChI is InChI=1S/C20H26N2O3S/c23-19(14-3-4-14)21-16-7-5-15(6-8-16)20(24)22(17-9-11-26-13-17)12-18-2-1-10-25-18/h5-8,14,17-18H,1-4,9-13H2,(H,21,23). The monoisotopic (exact) mass is 374 g/mol. The van der Waals surface area contributed by atoms with E-state index >= 15 is 0 Å². The maximum Gasteiger partial charge on any atom is 0.254 e. The van der Waals surface area contributed by atoms with Crippen molar-refractivity contribution < 1.29 is 14.3 Å². The van der Waals surface area contributed by atoms with Gasteiger partial charge in [0.25, 0.3) is 5.91 Å². The highest BCUT2D eigenvalue weighted by Crippen LogP contribution is 2.30. The lowest BCUT2D eigenvalue weighted by Gasteiger charge is -2.31. The topological polar surface area (TPSA) is 58.6 Å². The first-order valence-electron chi connectivity index (χ1n) is 9.62. The van der Waals surface area contributed by atoms with Gasteiger partial charge in [-0.15, -0.1) is 0 Å². The maximum absolute atomic E-state index is 13.1. The predicted octanol–water partition coefficient (Wildman–Crippen LogP) is 3.16. The molecule has 0 aromatic heterocycles. The van der Waals surface area contributed by atoms with Gasteiger partial charge in [-0.2, -0.15) is 11.8 Å². The first kappa shape index (κ1) is 17.9. The molecule has 26 heavy (non-hydrogen) atoms. The van der Waals surface area contributed by atoms with E-state index < -0.39 is 0 Å². The summed E-state index contributed by atoms with van der Waals surface area (Å²) >= 11 is 1.92. The molecule has 1 aliphatic carbocycles. The number of carbonyl (C=O) groups excluding carboxylic acids is 2. The number of carbonyl (C=O) groups is 2. The van der Waals surface area contributed by atoms with Crippen LogP contribution in [-0.4, -0.2) is 53.5 Å². The average Bonchev–Trinajstić information content (AvgIpc) is 3.14. The number of nitrogens with zero attached hydrogens (tertiary/aromatic N) is 1. The Hall–Kier alpha value is -1.53. The third kappa shape index (κ3) is 4.23. The summed E-state index contributed by atoms with van der Waals surface area (Å²) < 4.78 is 5.77. The van der Waals surface area contributed by atoms with E-state index in [4.69, 9.17) is 4.74 Å². The molecule has 2 saturated heterocycles. The van der Waals surface area contributed by atoms with Crippen molar-refractivity contribution in [1.82, 2.24) is 4.90 Å². The molecule has 3 fully saturated rings. The Labute approximate surface area is 158 Å². The van der Waals surface area contributed by atoms with Crippen LogP contribution in [0.25, 0.3) is 0 Å². The van der Waals surface area contributed by atoms with Gasteiger partial charge in [0.05, 0.1) is 6.10 Å². The molecule has 1 aromatic carbocycles. The number of nitrogens with one attached hydrogen (secondary N) is 1. The van der Waals surface area contributed by atoms with Gasteiger partial charge in [-0.05, 0) is 62.1 Å². The lowest BCUT2D eigenvalue weighted by molar-refractivity contribution is -0.117. The SMILES string of the molecule is O=C(Nc1ccc(C(=O)N(CC2CCCO2)C2CCSC2)cc1)C1CC1. The molecule has 1 saturated carbocycles. The van der Waals surface area contributed by atoms with Gasteiger partial charge < -0.3 is 15.0 Å². The first-order chi connectivity index (χ1) is 12.7. The van der Waals surface area contributed by atoms with E-state index in [1.165, 1.54) is 0 Å². The lowest BCUT2D eigenvalue weighted by Crippen LogP contribution is -2.44. The molecule has 2 unspecified atom stereocenters. The van der Waals surface area contributed by atoms with Crippen molar-refractivity contribution in [3.05, 3.63) is 29.8 Å². The highest BCUT2D eigenvalue weighted by molar-refractivity contribution is 7.99. The van der Waals surface area contributed by atoms with Gasteiger partial charge in [-0.3, -0.25) is 9.59 Å². The summed E-state index contributed by atoms with van der Waals surface area (Å²) in [5, 5.41) is 2.93. The van der Waals surface area contributed by atoms with Crippen LogP contribution in [-0.2, 0) is 9.53 Å². The molecule has 2 aliphatic heterocycles. The summed E-state index contributed by atoms with van der Waals surface area (Å²) in [6.07, 6.45) is 5.32. The second kappa shape index (κ2) is 8.01. The number of thioether (sulfide) groups is 1. The summed E-state index contributed by atoms with van der Waals surface area (Å²) in [6, 6.07) is 7.62. The number of benzene rings is 1. The van der Waals surface area contributed by atoms with Gasteiger partial charge >= 0.3 is 0 Å². The van der Waals surface area contributed by atoms with Gasteiger partial charge in [-0.25, -0.2) is 0 Å². The Kier molecular flexibility index (Phi) is 5.50. The van der Waals surface area contributed by atoms with Gasteiger partial charge in [0.2, 0.25) is 5.91 Å². The van der Waals surface area contributed by atoms with Gasteiger partial charge in [0.15, 0.2) is 0 Å². The highest BCUT2D eigenvalue weighted by atomic mass is 32.2. The molecule has 140 valence electrons. The zero-order valence-corrected chi connectivity index (χ0v) is 15.8. The van der Waals surface area contributed by atoms with E-state index in [9.17, 15) is 9.59 Å². The Bertz CT molecular complexity index is 648. The van der Waals surface area contributed by atoms with E-state index in [1.807, 2.05) is 40.9 Å². The molecular formula is C20H26N2O3S. The molecule has 3 aliphatic rings. The van der Waals surface area contributed by atoms with Gasteiger partial charge in [0, 0.05) is 42.1 Å². The Balaban J connectivity index is 1.44. The van der Waals surface area contributed by atoms with Crippen LogP contribution in [0.3, 0.4) is 0 Å². The van der Waals surface area contributed by atoms with Crippen LogP contribution >= 0.6 is 11.8 Å². The van der Waals surface area contributed by atoms with E-state index in [0.29, 0.717) is 18.2 Å². The zero-order valence-electron chi connectivity index (χ0n) is 15.0. The lowest BCUT2D eigenvalue weighted by atomic mass is 10.1. The summed E-state index contributed by atoms with van der Waals surface area (Å²) in [5.41, 5.74) is 1.45. The molecule has 1 aromatic rings. The second-order valence-electron chi connectivity index (χ2n) is 7.45. The molecule has 6 heteroatoms. The third-order valence-electron chi connectivity index (χ3n) is 5.38. The fraction of sp³-hybridized carbons (Fsp3) is 0.600. The smallest absolute Gasteiger partial charge is 0.254 e. The van der Waals surface area contributed by atoms with Crippen LogP contribution < -0.4 is 5.32 Å². The summed E-state index contributed by atoms with van der Waals surface area (Å²) in [5.74, 6) is 2.47. The van der Waals surface area contributed by atoms with E-state index in [0.717, 1.165) is 55.9 Å². The molecule has 0 radical (unpaired) electrons. The highest BCUT2D eigenvalue weighted by Gasteiger charge is 2.32. The van der Waals surface area contributed by atoms with Crippen LogP contribution in [0.1, 0.15) is 42.5 Å².